The fraction of sp³-hybridized carbons (Fsp3) is 0.300. The molecule has 0 saturated carbocycles. The Kier molecular flexibility index (Phi) is 3.85. The van der Waals surface area contributed by atoms with Crippen LogP contribution >= 0.6 is 0 Å². The highest BCUT2D eigenvalue weighted by Crippen LogP contribution is 2.21. The maximum atomic E-state index is 11.2. The van der Waals surface area contributed by atoms with Gasteiger partial charge in [-0.1, -0.05) is 19.1 Å². The first-order valence-corrected chi connectivity index (χ1v) is 5.78. The summed E-state index contributed by atoms with van der Waals surface area (Å²) in [7, 11) is -2.68. The summed E-state index contributed by atoms with van der Waals surface area (Å²) in [6.45, 7) is 3.47. The van der Waals surface area contributed by atoms with Crippen molar-refractivity contribution in [2.75, 3.05) is 5.32 Å². The first-order valence-electron chi connectivity index (χ1n) is 4.60. The van der Waals surface area contributed by atoms with E-state index < -0.39 is 10.7 Å². The lowest BCUT2D eigenvalue weighted by Crippen LogP contribution is -2.12. The molecule has 0 saturated heterocycles. The summed E-state index contributed by atoms with van der Waals surface area (Å²) in [5.41, 5.74) is 1.13. The summed E-state index contributed by atoms with van der Waals surface area (Å²) in [6.07, 6.45) is 0.323. The molecule has 5 heteroatoms. The second-order valence-electron chi connectivity index (χ2n) is 3.13. The standard InChI is InChI=1S/C10H13NO3S/c1-3-9(12)11-10-7(2)5-4-6-8(10)15(13)14/h4-6,15H,3H2,1-2H3,(H,11,12). The van der Waals surface area contributed by atoms with Crippen LogP contribution in [0.15, 0.2) is 23.1 Å². The molecule has 0 heterocycles. The van der Waals surface area contributed by atoms with Gasteiger partial charge in [0.15, 0.2) is 10.7 Å². The molecule has 82 valence electrons. The number of carbonyl (C=O) groups excluding carboxylic acids is 1. The monoisotopic (exact) mass is 227 g/mol. The van der Waals surface area contributed by atoms with Gasteiger partial charge in [0.25, 0.3) is 0 Å². The van der Waals surface area contributed by atoms with Crippen LogP contribution in [-0.4, -0.2) is 14.3 Å². The van der Waals surface area contributed by atoms with E-state index in [2.05, 4.69) is 5.32 Å². The average molecular weight is 227 g/mol. The van der Waals surface area contributed by atoms with E-state index in [4.69, 9.17) is 0 Å². The molecule has 0 atom stereocenters. The average Bonchev–Trinajstić information content (AvgIpc) is 2.20. The molecule has 0 radical (unpaired) electrons. The normalized spacial score (nSPS) is 10.3. The molecular weight excluding hydrogens is 214 g/mol. The van der Waals surface area contributed by atoms with Gasteiger partial charge in [-0.05, 0) is 18.6 Å². The topological polar surface area (TPSA) is 63.2 Å². The van der Waals surface area contributed by atoms with Gasteiger partial charge in [-0.3, -0.25) is 4.79 Å². The lowest BCUT2D eigenvalue weighted by Gasteiger charge is -2.09. The molecule has 15 heavy (non-hydrogen) atoms. The van der Waals surface area contributed by atoms with Crippen LogP contribution in [0.25, 0.3) is 0 Å². The molecule has 0 fully saturated rings. The molecule has 1 aromatic carbocycles. The minimum atomic E-state index is -2.68. The first-order chi connectivity index (χ1) is 7.06. The summed E-state index contributed by atoms with van der Waals surface area (Å²) in [4.78, 5) is 11.4. The highest BCUT2D eigenvalue weighted by molar-refractivity contribution is 7.72. The van der Waals surface area contributed by atoms with Crippen LogP contribution in [0.3, 0.4) is 0 Å². The quantitative estimate of drug-likeness (QED) is 0.765. The summed E-state index contributed by atoms with van der Waals surface area (Å²) in [6, 6.07) is 4.88. The summed E-state index contributed by atoms with van der Waals surface area (Å²) in [5, 5.41) is 2.59. The molecule has 1 aromatic rings. The molecule has 4 nitrogen and oxygen atoms in total. The Morgan fingerprint density at radius 1 is 1.40 bits per heavy atom. The molecule has 1 rings (SSSR count). The van der Waals surface area contributed by atoms with Gasteiger partial charge in [-0.25, -0.2) is 8.42 Å². The fourth-order valence-electron chi connectivity index (χ4n) is 1.19. The van der Waals surface area contributed by atoms with Gasteiger partial charge in [-0.2, -0.15) is 0 Å². The summed E-state index contributed by atoms with van der Waals surface area (Å²) < 4.78 is 21.9. The number of nitrogens with one attached hydrogen (secondary N) is 1. The molecule has 0 aromatic heterocycles. The van der Waals surface area contributed by atoms with E-state index >= 15 is 0 Å². The number of aryl methyl sites for hydroxylation is 1. The SMILES string of the molecule is CCC(=O)Nc1c(C)cccc1[SH](=O)=O. The third-order valence-electron chi connectivity index (χ3n) is 2.03. The van der Waals surface area contributed by atoms with Crippen molar-refractivity contribution in [3.63, 3.8) is 0 Å². The largest absolute Gasteiger partial charge is 0.325 e. The van der Waals surface area contributed by atoms with E-state index in [1.807, 2.05) is 0 Å². The first kappa shape index (κ1) is 11.7. The minimum Gasteiger partial charge on any atom is -0.325 e. The van der Waals surface area contributed by atoms with Crippen LogP contribution in [0.5, 0.6) is 0 Å². The number of para-hydroxylation sites is 1. The molecule has 1 N–H and O–H groups in total. The Morgan fingerprint density at radius 3 is 2.60 bits per heavy atom. The number of thiol groups is 1. The van der Waals surface area contributed by atoms with Gasteiger partial charge in [0.2, 0.25) is 5.91 Å². The van der Waals surface area contributed by atoms with Crippen molar-refractivity contribution in [3.8, 4) is 0 Å². The highest BCUT2D eigenvalue weighted by Gasteiger charge is 2.09. The maximum absolute atomic E-state index is 11.2. The lowest BCUT2D eigenvalue weighted by atomic mass is 10.2. The van der Waals surface area contributed by atoms with Crippen molar-refractivity contribution < 1.29 is 13.2 Å². The molecule has 0 aliphatic carbocycles. The van der Waals surface area contributed by atoms with Gasteiger partial charge in [0.05, 0.1) is 10.6 Å². The van der Waals surface area contributed by atoms with Gasteiger partial charge in [-0.15, -0.1) is 0 Å². The third kappa shape index (κ3) is 2.79. The Labute approximate surface area is 90.3 Å². The van der Waals surface area contributed by atoms with Crippen LogP contribution in [0, 0.1) is 6.92 Å². The Bertz CT molecular complexity index is 444. The van der Waals surface area contributed by atoms with Crippen LogP contribution < -0.4 is 5.32 Å². The Hall–Kier alpha value is -1.36. The predicted octanol–water partition coefficient (Wildman–Crippen LogP) is 1.31. The zero-order chi connectivity index (χ0) is 11.4. The zero-order valence-corrected chi connectivity index (χ0v) is 9.51. The minimum absolute atomic E-state index is 0.159. The van der Waals surface area contributed by atoms with E-state index in [0.717, 1.165) is 5.56 Å². The number of rotatable bonds is 3. The zero-order valence-electron chi connectivity index (χ0n) is 8.61. The maximum Gasteiger partial charge on any atom is 0.224 e. The van der Waals surface area contributed by atoms with E-state index in [0.29, 0.717) is 12.1 Å². The van der Waals surface area contributed by atoms with Crippen molar-refractivity contribution in [1.82, 2.24) is 0 Å². The number of amides is 1. The molecule has 0 spiro atoms. The van der Waals surface area contributed by atoms with Crippen molar-refractivity contribution in [2.24, 2.45) is 0 Å². The van der Waals surface area contributed by atoms with Crippen molar-refractivity contribution >= 4 is 22.3 Å². The van der Waals surface area contributed by atoms with Crippen molar-refractivity contribution in [2.45, 2.75) is 25.2 Å². The summed E-state index contributed by atoms with van der Waals surface area (Å²) in [5.74, 6) is -0.192. The van der Waals surface area contributed by atoms with E-state index in [1.54, 1.807) is 26.0 Å². The predicted molar refractivity (Wildman–Crippen MR) is 58.7 cm³/mol. The Balaban J connectivity index is 3.19. The smallest absolute Gasteiger partial charge is 0.224 e. The van der Waals surface area contributed by atoms with Crippen molar-refractivity contribution in [1.29, 1.82) is 0 Å². The Morgan fingerprint density at radius 2 is 2.07 bits per heavy atom. The second kappa shape index (κ2) is 4.93. The number of benzene rings is 1. The van der Waals surface area contributed by atoms with Crippen molar-refractivity contribution in [3.05, 3.63) is 23.8 Å². The number of hydrogen-bond donors (Lipinski definition) is 2. The van der Waals surface area contributed by atoms with Gasteiger partial charge >= 0.3 is 0 Å². The number of anilines is 1. The molecular formula is C10H13NO3S. The van der Waals surface area contributed by atoms with Crippen LogP contribution in [0.2, 0.25) is 0 Å². The molecule has 0 unspecified atom stereocenters. The highest BCUT2D eigenvalue weighted by atomic mass is 32.2. The van der Waals surface area contributed by atoms with Gasteiger partial charge in [0.1, 0.15) is 0 Å². The summed E-state index contributed by atoms with van der Waals surface area (Å²) >= 11 is 0. The molecule has 1 amide bonds. The van der Waals surface area contributed by atoms with E-state index in [9.17, 15) is 13.2 Å². The lowest BCUT2D eigenvalue weighted by molar-refractivity contribution is -0.115. The van der Waals surface area contributed by atoms with Crippen LogP contribution in [0.1, 0.15) is 18.9 Å². The third-order valence-corrected chi connectivity index (χ3v) is 2.80. The van der Waals surface area contributed by atoms with Gasteiger partial charge < -0.3 is 5.32 Å². The number of hydrogen-bond acceptors (Lipinski definition) is 3. The van der Waals surface area contributed by atoms with Gasteiger partial charge in [0, 0.05) is 6.42 Å². The van der Waals surface area contributed by atoms with E-state index in [1.165, 1.54) is 6.07 Å². The number of carbonyl (C=O) groups is 1. The van der Waals surface area contributed by atoms with Crippen LogP contribution in [-0.2, 0) is 15.5 Å². The van der Waals surface area contributed by atoms with E-state index in [-0.39, 0.29) is 10.8 Å². The second-order valence-corrected chi connectivity index (χ2v) is 4.12. The molecule has 0 aliphatic rings. The molecule has 0 bridgehead atoms. The van der Waals surface area contributed by atoms with Crippen LogP contribution in [0.4, 0.5) is 5.69 Å². The fourth-order valence-corrected chi connectivity index (χ4v) is 1.82. The molecule has 0 aliphatic heterocycles.